The quantitative estimate of drug-likeness (QED) is 0.801. The molecule has 2 aliphatic rings. The van der Waals surface area contributed by atoms with E-state index in [2.05, 4.69) is 24.1 Å². The van der Waals surface area contributed by atoms with E-state index in [1.165, 1.54) is 25.7 Å². The molecule has 4 heteroatoms. The van der Waals surface area contributed by atoms with Crippen molar-refractivity contribution in [1.29, 1.82) is 0 Å². The van der Waals surface area contributed by atoms with Crippen LogP contribution in [0.4, 0.5) is 0 Å². The molecular formula is C19H28N2O2. The van der Waals surface area contributed by atoms with Crippen molar-refractivity contribution in [2.45, 2.75) is 51.7 Å². The van der Waals surface area contributed by atoms with Gasteiger partial charge in [0.1, 0.15) is 11.9 Å². The molecule has 0 bridgehead atoms. The lowest BCUT2D eigenvalue weighted by Gasteiger charge is -2.43. The zero-order valence-electron chi connectivity index (χ0n) is 14.3. The lowest BCUT2D eigenvalue weighted by atomic mass is 10.0. The lowest BCUT2D eigenvalue weighted by Crippen LogP contribution is -2.57. The Bertz CT molecular complexity index is 532. The summed E-state index contributed by atoms with van der Waals surface area (Å²) in [6.45, 7) is 7.27. The lowest BCUT2D eigenvalue weighted by molar-refractivity contribution is -0.0112. The topological polar surface area (TPSA) is 41.6 Å². The largest absolute Gasteiger partial charge is 0.488 e. The first-order valence-electron chi connectivity index (χ1n) is 8.98. The van der Waals surface area contributed by atoms with E-state index in [1.54, 1.807) is 0 Å². The normalized spacial score (nSPS) is 18.7. The Morgan fingerprint density at radius 3 is 2.70 bits per heavy atom. The smallest absolute Gasteiger partial charge is 0.251 e. The Hall–Kier alpha value is -1.55. The number of ether oxygens (including phenoxy) is 1. The van der Waals surface area contributed by atoms with Crippen molar-refractivity contribution >= 4 is 5.91 Å². The Balaban J connectivity index is 1.49. The van der Waals surface area contributed by atoms with Gasteiger partial charge >= 0.3 is 0 Å². The number of rotatable bonds is 8. The standard InChI is InChI=1S/C19H28N2O2/c1-3-16(4-2)21-12-18(13-21)23-17-7-5-6-15(10-17)19(22)20-11-14-8-9-14/h5-7,10,14,16,18H,3-4,8-9,11-13H2,1-2H3,(H,20,22). The van der Waals surface area contributed by atoms with E-state index >= 15 is 0 Å². The minimum absolute atomic E-state index is 0.00890. The molecule has 1 saturated carbocycles. The molecule has 0 spiro atoms. The van der Waals surface area contributed by atoms with Crippen LogP contribution in [0, 0.1) is 5.92 Å². The molecule has 3 rings (SSSR count). The van der Waals surface area contributed by atoms with Crippen LogP contribution in [-0.4, -0.2) is 42.6 Å². The summed E-state index contributed by atoms with van der Waals surface area (Å²) in [7, 11) is 0. The molecule has 1 aromatic carbocycles. The van der Waals surface area contributed by atoms with Crippen LogP contribution in [0.1, 0.15) is 49.9 Å². The molecule has 1 amide bonds. The van der Waals surface area contributed by atoms with Crippen molar-refractivity contribution < 1.29 is 9.53 Å². The van der Waals surface area contributed by atoms with Crippen molar-refractivity contribution in [1.82, 2.24) is 10.2 Å². The fraction of sp³-hybridized carbons (Fsp3) is 0.632. The van der Waals surface area contributed by atoms with Crippen molar-refractivity contribution in [3.8, 4) is 5.75 Å². The van der Waals surface area contributed by atoms with Crippen LogP contribution in [0.3, 0.4) is 0 Å². The Labute approximate surface area is 139 Å². The van der Waals surface area contributed by atoms with E-state index in [-0.39, 0.29) is 12.0 Å². The van der Waals surface area contributed by atoms with E-state index < -0.39 is 0 Å². The number of benzene rings is 1. The summed E-state index contributed by atoms with van der Waals surface area (Å²) in [5.74, 6) is 1.51. The first-order chi connectivity index (χ1) is 11.2. The minimum Gasteiger partial charge on any atom is -0.488 e. The second-order valence-electron chi connectivity index (χ2n) is 6.85. The van der Waals surface area contributed by atoms with Crippen LogP contribution in [0.15, 0.2) is 24.3 Å². The summed E-state index contributed by atoms with van der Waals surface area (Å²) in [5.41, 5.74) is 0.694. The maximum Gasteiger partial charge on any atom is 0.251 e. The molecule has 1 aliphatic carbocycles. The molecule has 23 heavy (non-hydrogen) atoms. The number of amides is 1. The highest BCUT2D eigenvalue weighted by Crippen LogP contribution is 2.28. The number of carbonyl (C=O) groups is 1. The number of hydrogen-bond acceptors (Lipinski definition) is 3. The van der Waals surface area contributed by atoms with Gasteiger partial charge in [0.15, 0.2) is 0 Å². The molecule has 1 heterocycles. The van der Waals surface area contributed by atoms with Gasteiger partial charge in [-0.05, 0) is 49.8 Å². The average molecular weight is 316 g/mol. The molecule has 2 fully saturated rings. The highest BCUT2D eigenvalue weighted by molar-refractivity contribution is 5.94. The van der Waals surface area contributed by atoms with Gasteiger partial charge in [0, 0.05) is 31.2 Å². The summed E-state index contributed by atoms with van der Waals surface area (Å²) in [5, 5.41) is 3.00. The SMILES string of the molecule is CCC(CC)N1CC(Oc2cccc(C(=O)NCC3CC3)c2)C1. The zero-order valence-corrected chi connectivity index (χ0v) is 14.3. The fourth-order valence-corrected chi connectivity index (χ4v) is 3.21. The van der Waals surface area contributed by atoms with Gasteiger partial charge in [-0.15, -0.1) is 0 Å². The van der Waals surface area contributed by atoms with Gasteiger partial charge in [0.05, 0.1) is 0 Å². The highest BCUT2D eigenvalue weighted by Gasteiger charge is 2.32. The summed E-state index contributed by atoms with van der Waals surface area (Å²) in [6, 6.07) is 8.24. The van der Waals surface area contributed by atoms with Gasteiger partial charge in [-0.1, -0.05) is 19.9 Å². The first kappa shape index (κ1) is 16.3. The van der Waals surface area contributed by atoms with Crippen LogP contribution < -0.4 is 10.1 Å². The van der Waals surface area contributed by atoms with Gasteiger partial charge in [-0.25, -0.2) is 0 Å². The third-order valence-corrected chi connectivity index (χ3v) is 4.98. The van der Waals surface area contributed by atoms with Crippen LogP contribution in [0.25, 0.3) is 0 Å². The predicted molar refractivity (Wildman–Crippen MR) is 91.9 cm³/mol. The van der Waals surface area contributed by atoms with Crippen molar-refractivity contribution in [2.24, 2.45) is 5.92 Å². The molecular weight excluding hydrogens is 288 g/mol. The third-order valence-electron chi connectivity index (χ3n) is 4.98. The van der Waals surface area contributed by atoms with E-state index in [1.807, 2.05) is 24.3 Å². The number of hydrogen-bond donors (Lipinski definition) is 1. The third kappa shape index (κ3) is 4.25. The fourth-order valence-electron chi connectivity index (χ4n) is 3.21. The summed E-state index contributed by atoms with van der Waals surface area (Å²) < 4.78 is 6.03. The molecule has 1 N–H and O–H groups in total. The molecule has 1 aliphatic heterocycles. The average Bonchev–Trinajstić information content (AvgIpc) is 3.35. The summed E-state index contributed by atoms with van der Waals surface area (Å²) in [4.78, 5) is 14.6. The zero-order chi connectivity index (χ0) is 16.2. The van der Waals surface area contributed by atoms with Gasteiger partial charge < -0.3 is 10.1 Å². The molecule has 1 aromatic rings. The van der Waals surface area contributed by atoms with E-state index in [4.69, 9.17) is 4.74 Å². The van der Waals surface area contributed by atoms with Crippen molar-refractivity contribution in [3.05, 3.63) is 29.8 Å². The van der Waals surface area contributed by atoms with Crippen LogP contribution in [0.5, 0.6) is 5.75 Å². The van der Waals surface area contributed by atoms with Gasteiger partial charge in [-0.3, -0.25) is 9.69 Å². The Morgan fingerprint density at radius 1 is 1.30 bits per heavy atom. The number of nitrogens with zero attached hydrogens (tertiary/aromatic N) is 1. The van der Waals surface area contributed by atoms with Gasteiger partial charge in [-0.2, -0.15) is 0 Å². The second kappa shape index (κ2) is 7.35. The summed E-state index contributed by atoms with van der Waals surface area (Å²) in [6.07, 6.45) is 5.14. The molecule has 1 saturated heterocycles. The minimum atomic E-state index is 0.00890. The van der Waals surface area contributed by atoms with Crippen molar-refractivity contribution in [3.63, 3.8) is 0 Å². The first-order valence-corrected chi connectivity index (χ1v) is 8.98. The number of likely N-dealkylation sites (tertiary alicyclic amines) is 1. The van der Waals surface area contributed by atoms with Crippen LogP contribution >= 0.6 is 0 Å². The van der Waals surface area contributed by atoms with E-state index in [0.29, 0.717) is 17.5 Å². The molecule has 0 radical (unpaired) electrons. The predicted octanol–water partition coefficient (Wildman–Crippen LogP) is 3.08. The highest BCUT2D eigenvalue weighted by atomic mass is 16.5. The van der Waals surface area contributed by atoms with Gasteiger partial charge in [0.25, 0.3) is 5.91 Å². The van der Waals surface area contributed by atoms with Crippen molar-refractivity contribution in [2.75, 3.05) is 19.6 Å². The number of carbonyl (C=O) groups excluding carboxylic acids is 1. The molecule has 4 nitrogen and oxygen atoms in total. The Kier molecular flexibility index (Phi) is 5.21. The maximum absolute atomic E-state index is 12.1. The van der Waals surface area contributed by atoms with Gasteiger partial charge in [0.2, 0.25) is 0 Å². The maximum atomic E-state index is 12.1. The molecule has 0 unspecified atom stereocenters. The van der Waals surface area contributed by atoms with Crippen LogP contribution in [-0.2, 0) is 0 Å². The monoisotopic (exact) mass is 316 g/mol. The summed E-state index contributed by atoms with van der Waals surface area (Å²) >= 11 is 0. The second-order valence-corrected chi connectivity index (χ2v) is 6.85. The molecule has 0 atom stereocenters. The van der Waals surface area contributed by atoms with Crippen LogP contribution in [0.2, 0.25) is 0 Å². The molecule has 0 aromatic heterocycles. The van der Waals surface area contributed by atoms with E-state index in [9.17, 15) is 4.79 Å². The Morgan fingerprint density at radius 2 is 2.04 bits per heavy atom. The van der Waals surface area contributed by atoms with E-state index in [0.717, 1.165) is 25.4 Å². The number of nitrogens with one attached hydrogen (secondary N) is 1. The molecule has 126 valence electrons.